The molecule has 0 bridgehead atoms. The Hall–Kier alpha value is -1.77. The van der Waals surface area contributed by atoms with Crippen LogP contribution < -0.4 is 10.2 Å². The summed E-state index contributed by atoms with van der Waals surface area (Å²) in [4.78, 5) is 7.21. The zero-order chi connectivity index (χ0) is 15.6. The zero-order valence-corrected chi connectivity index (χ0v) is 14.1. The number of hydrogen-bond donors (Lipinski definition) is 1. The molecule has 0 atom stereocenters. The third kappa shape index (κ3) is 3.12. The SMILES string of the molecule is CCN(CC)c1ccc2nc(C(C)(C)C)cc(NC)c2c1. The van der Waals surface area contributed by atoms with Crippen molar-refractivity contribution in [2.24, 2.45) is 0 Å². The maximum Gasteiger partial charge on any atom is 0.0727 e. The first kappa shape index (κ1) is 15.6. The minimum absolute atomic E-state index is 0.0529. The lowest BCUT2D eigenvalue weighted by molar-refractivity contribution is 0.572. The van der Waals surface area contributed by atoms with E-state index in [-0.39, 0.29) is 5.41 Å². The second-order valence-corrected chi connectivity index (χ2v) is 6.43. The second kappa shape index (κ2) is 5.92. The lowest BCUT2D eigenvalue weighted by Crippen LogP contribution is -2.21. The number of anilines is 2. The van der Waals surface area contributed by atoms with Crippen molar-refractivity contribution in [1.29, 1.82) is 0 Å². The van der Waals surface area contributed by atoms with Crippen LogP contribution in [0.3, 0.4) is 0 Å². The molecule has 1 aromatic carbocycles. The quantitative estimate of drug-likeness (QED) is 0.901. The van der Waals surface area contributed by atoms with Crippen LogP contribution in [-0.4, -0.2) is 25.1 Å². The van der Waals surface area contributed by atoms with Crippen LogP contribution in [-0.2, 0) is 5.41 Å². The van der Waals surface area contributed by atoms with Crippen molar-refractivity contribution >= 4 is 22.3 Å². The van der Waals surface area contributed by atoms with Crippen LogP contribution in [0.4, 0.5) is 11.4 Å². The number of hydrogen-bond acceptors (Lipinski definition) is 3. The predicted molar refractivity (Wildman–Crippen MR) is 93.6 cm³/mol. The van der Waals surface area contributed by atoms with Crippen molar-refractivity contribution in [2.75, 3.05) is 30.4 Å². The molecular weight excluding hydrogens is 258 g/mol. The fourth-order valence-corrected chi connectivity index (χ4v) is 2.59. The van der Waals surface area contributed by atoms with E-state index in [9.17, 15) is 0 Å². The van der Waals surface area contributed by atoms with Crippen LogP contribution in [0.2, 0.25) is 0 Å². The zero-order valence-electron chi connectivity index (χ0n) is 14.1. The summed E-state index contributed by atoms with van der Waals surface area (Å²) in [5.74, 6) is 0. The molecule has 2 rings (SSSR count). The molecule has 2 aromatic rings. The van der Waals surface area contributed by atoms with Crippen molar-refractivity contribution in [1.82, 2.24) is 4.98 Å². The van der Waals surface area contributed by atoms with E-state index < -0.39 is 0 Å². The van der Waals surface area contributed by atoms with Gasteiger partial charge in [0.05, 0.1) is 5.52 Å². The second-order valence-electron chi connectivity index (χ2n) is 6.43. The van der Waals surface area contributed by atoms with Gasteiger partial charge in [0, 0.05) is 48.0 Å². The van der Waals surface area contributed by atoms with Gasteiger partial charge in [-0.1, -0.05) is 20.8 Å². The third-order valence-corrected chi connectivity index (χ3v) is 3.96. The average molecular weight is 285 g/mol. The maximum absolute atomic E-state index is 4.85. The molecule has 3 heteroatoms. The largest absolute Gasteiger partial charge is 0.388 e. The van der Waals surface area contributed by atoms with E-state index in [1.54, 1.807) is 0 Å². The fraction of sp³-hybridized carbons (Fsp3) is 0.500. The Morgan fingerprint density at radius 1 is 1.10 bits per heavy atom. The fourth-order valence-electron chi connectivity index (χ4n) is 2.59. The van der Waals surface area contributed by atoms with E-state index in [4.69, 9.17) is 4.98 Å². The first-order valence-electron chi connectivity index (χ1n) is 7.78. The number of aromatic nitrogens is 1. The van der Waals surface area contributed by atoms with Crippen LogP contribution in [0.15, 0.2) is 24.3 Å². The van der Waals surface area contributed by atoms with E-state index in [1.165, 1.54) is 11.1 Å². The maximum atomic E-state index is 4.85. The van der Waals surface area contributed by atoms with Gasteiger partial charge in [0.1, 0.15) is 0 Å². The number of fused-ring (bicyclic) bond motifs is 1. The summed E-state index contributed by atoms with van der Waals surface area (Å²) in [6.07, 6.45) is 0. The summed E-state index contributed by atoms with van der Waals surface area (Å²) in [6, 6.07) is 8.73. The number of pyridine rings is 1. The van der Waals surface area contributed by atoms with E-state index in [0.717, 1.165) is 30.0 Å². The number of rotatable bonds is 4. The van der Waals surface area contributed by atoms with Crippen molar-refractivity contribution in [3.63, 3.8) is 0 Å². The highest BCUT2D eigenvalue weighted by Crippen LogP contribution is 2.31. The molecule has 1 heterocycles. The summed E-state index contributed by atoms with van der Waals surface area (Å²) < 4.78 is 0. The Morgan fingerprint density at radius 3 is 2.29 bits per heavy atom. The van der Waals surface area contributed by atoms with Crippen LogP contribution >= 0.6 is 0 Å². The molecule has 0 amide bonds. The van der Waals surface area contributed by atoms with Gasteiger partial charge in [-0.15, -0.1) is 0 Å². The van der Waals surface area contributed by atoms with Gasteiger partial charge in [-0.2, -0.15) is 0 Å². The smallest absolute Gasteiger partial charge is 0.0727 e. The molecule has 0 radical (unpaired) electrons. The molecule has 3 nitrogen and oxygen atoms in total. The Balaban J connectivity index is 2.62. The van der Waals surface area contributed by atoms with Crippen molar-refractivity contribution < 1.29 is 0 Å². The normalized spacial score (nSPS) is 11.7. The summed E-state index contributed by atoms with van der Waals surface area (Å²) in [5, 5.41) is 4.52. The van der Waals surface area contributed by atoms with Gasteiger partial charge in [0.25, 0.3) is 0 Å². The van der Waals surface area contributed by atoms with E-state index in [1.807, 2.05) is 7.05 Å². The van der Waals surface area contributed by atoms with Crippen molar-refractivity contribution in [3.05, 3.63) is 30.0 Å². The van der Waals surface area contributed by atoms with Crippen LogP contribution in [0, 0.1) is 0 Å². The lowest BCUT2D eigenvalue weighted by atomic mass is 9.90. The topological polar surface area (TPSA) is 28.2 Å². The first-order valence-corrected chi connectivity index (χ1v) is 7.78. The Kier molecular flexibility index (Phi) is 4.40. The molecule has 0 aliphatic rings. The van der Waals surface area contributed by atoms with Gasteiger partial charge in [-0.05, 0) is 38.1 Å². The van der Waals surface area contributed by atoms with Crippen LogP contribution in [0.25, 0.3) is 10.9 Å². The summed E-state index contributed by atoms with van der Waals surface area (Å²) in [5.41, 5.74) is 4.64. The first-order chi connectivity index (χ1) is 9.90. The van der Waals surface area contributed by atoms with E-state index >= 15 is 0 Å². The summed E-state index contributed by atoms with van der Waals surface area (Å²) in [6.45, 7) is 13.0. The number of nitrogens with zero attached hydrogens (tertiary/aromatic N) is 2. The molecule has 0 spiro atoms. The highest BCUT2D eigenvalue weighted by atomic mass is 15.1. The Labute approximate surface area is 128 Å². The lowest BCUT2D eigenvalue weighted by Gasteiger charge is -2.23. The van der Waals surface area contributed by atoms with Crippen molar-refractivity contribution in [3.8, 4) is 0 Å². The molecule has 0 saturated carbocycles. The number of benzene rings is 1. The van der Waals surface area contributed by atoms with Crippen LogP contribution in [0.1, 0.15) is 40.3 Å². The third-order valence-electron chi connectivity index (χ3n) is 3.96. The Bertz CT molecular complexity index is 622. The molecular formula is C18H27N3. The van der Waals surface area contributed by atoms with Gasteiger partial charge in [0.2, 0.25) is 0 Å². The molecule has 1 N–H and O–H groups in total. The van der Waals surface area contributed by atoms with Gasteiger partial charge in [-0.25, -0.2) is 0 Å². The van der Waals surface area contributed by atoms with E-state index in [0.29, 0.717) is 0 Å². The molecule has 1 aromatic heterocycles. The molecule has 0 aliphatic carbocycles. The van der Waals surface area contributed by atoms with E-state index in [2.05, 4.69) is 69.1 Å². The van der Waals surface area contributed by atoms with Gasteiger partial charge in [0.15, 0.2) is 0 Å². The predicted octanol–water partition coefficient (Wildman–Crippen LogP) is 4.42. The highest BCUT2D eigenvalue weighted by molar-refractivity contribution is 5.94. The minimum Gasteiger partial charge on any atom is -0.388 e. The van der Waals surface area contributed by atoms with Crippen molar-refractivity contribution in [2.45, 2.75) is 40.0 Å². The highest BCUT2D eigenvalue weighted by Gasteiger charge is 2.18. The van der Waals surface area contributed by atoms with Gasteiger partial charge < -0.3 is 10.2 Å². The standard InChI is InChI=1S/C18H27N3/c1-7-21(8-2)13-9-10-15-14(11-13)16(19-6)12-17(20-15)18(3,4)5/h9-12H,7-8H2,1-6H3,(H,19,20). The molecule has 0 unspecified atom stereocenters. The number of nitrogens with one attached hydrogen (secondary N) is 1. The summed E-state index contributed by atoms with van der Waals surface area (Å²) >= 11 is 0. The van der Waals surface area contributed by atoms with Gasteiger partial charge >= 0.3 is 0 Å². The molecule has 0 saturated heterocycles. The molecule has 114 valence electrons. The summed E-state index contributed by atoms with van der Waals surface area (Å²) in [7, 11) is 1.98. The minimum atomic E-state index is 0.0529. The van der Waals surface area contributed by atoms with Gasteiger partial charge in [-0.3, -0.25) is 4.98 Å². The molecule has 21 heavy (non-hydrogen) atoms. The average Bonchev–Trinajstić information content (AvgIpc) is 2.46. The molecule has 0 fully saturated rings. The Morgan fingerprint density at radius 2 is 1.76 bits per heavy atom. The monoisotopic (exact) mass is 285 g/mol. The van der Waals surface area contributed by atoms with Crippen LogP contribution in [0.5, 0.6) is 0 Å². The molecule has 0 aliphatic heterocycles.